The van der Waals surface area contributed by atoms with Gasteiger partial charge in [0.2, 0.25) is 0 Å². The minimum Gasteiger partial charge on any atom is -0.496 e. The van der Waals surface area contributed by atoms with E-state index in [0.717, 1.165) is 25.1 Å². The van der Waals surface area contributed by atoms with Crippen molar-refractivity contribution >= 4 is 6.29 Å². The van der Waals surface area contributed by atoms with E-state index in [1.807, 2.05) is 6.07 Å². The molecule has 0 unspecified atom stereocenters. The lowest BCUT2D eigenvalue weighted by Crippen LogP contribution is -1.98. The summed E-state index contributed by atoms with van der Waals surface area (Å²) in [6.07, 6.45) is 11.1. The molecule has 0 spiro atoms. The normalized spacial score (nSPS) is 10.4. The fourth-order valence-electron chi connectivity index (χ4n) is 2.30. The Hall–Kier alpha value is -1.51. The molecular weight excluding hydrogens is 264 g/mol. The summed E-state index contributed by atoms with van der Waals surface area (Å²) in [5, 5.41) is 0. The number of methoxy groups -OCH3 is 1. The van der Waals surface area contributed by atoms with Crippen LogP contribution in [0.15, 0.2) is 18.2 Å². The summed E-state index contributed by atoms with van der Waals surface area (Å²) in [6.45, 7) is 2.96. The third kappa shape index (κ3) is 7.16. The highest BCUT2D eigenvalue weighted by molar-refractivity contribution is 5.79. The number of aldehydes is 1. The van der Waals surface area contributed by atoms with Crippen molar-refractivity contribution in [1.82, 2.24) is 0 Å². The van der Waals surface area contributed by atoms with Gasteiger partial charge in [0, 0.05) is 6.07 Å². The largest absolute Gasteiger partial charge is 0.496 e. The van der Waals surface area contributed by atoms with Gasteiger partial charge in [0.05, 0.1) is 19.3 Å². The third-order valence-electron chi connectivity index (χ3n) is 3.60. The predicted molar refractivity (Wildman–Crippen MR) is 86.5 cm³/mol. The van der Waals surface area contributed by atoms with Gasteiger partial charge in [-0.05, 0) is 18.6 Å². The summed E-state index contributed by atoms with van der Waals surface area (Å²) < 4.78 is 10.9. The predicted octanol–water partition coefficient (Wildman–Crippen LogP) is 5.03. The van der Waals surface area contributed by atoms with E-state index in [1.165, 1.54) is 44.9 Å². The molecule has 1 aromatic carbocycles. The minimum absolute atomic E-state index is 0.553. The minimum atomic E-state index is 0.553. The fraction of sp³-hybridized carbons (Fsp3) is 0.611. The van der Waals surface area contributed by atoms with E-state index < -0.39 is 0 Å². The zero-order chi connectivity index (χ0) is 15.3. The van der Waals surface area contributed by atoms with Gasteiger partial charge in [-0.2, -0.15) is 0 Å². The Morgan fingerprint density at radius 1 is 1.00 bits per heavy atom. The Balaban J connectivity index is 2.14. The molecule has 0 bridgehead atoms. The molecule has 0 aliphatic heterocycles. The molecule has 3 heteroatoms. The molecule has 0 aliphatic rings. The Bertz CT molecular complexity index is 401. The maximum absolute atomic E-state index is 10.8. The Morgan fingerprint density at radius 2 is 1.67 bits per heavy atom. The van der Waals surface area contributed by atoms with Crippen LogP contribution in [0.5, 0.6) is 11.5 Å². The highest BCUT2D eigenvalue weighted by Gasteiger charge is 2.04. The van der Waals surface area contributed by atoms with E-state index in [2.05, 4.69) is 6.92 Å². The van der Waals surface area contributed by atoms with Crippen LogP contribution in [-0.4, -0.2) is 20.0 Å². The first-order valence-corrected chi connectivity index (χ1v) is 8.07. The van der Waals surface area contributed by atoms with Crippen molar-refractivity contribution in [3.8, 4) is 11.5 Å². The van der Waals surface area contributed by atoms with E-state index in [0.29, 0.717) is 11.3 Å². The zero-order valence-electron chi connectivity index (χ0n) is 13.4. The van der Waals surface area contributed by atoms with Crippen molar-refractivity contribution < 1.29 is 14.3 Å². The van der Waals surface area contributed by atoms with E-state index in [9.17, 15) is 4.79 Å². The number of hydrogen-bond donors (Lipinski definition) is 0. The maximum Gasteiger partial charge on any atom is 0.153 e. The van der Waals surface area contributed by atoms with Crippen molar-refractivity contribution in [2.75, 3.05) is 13.7 Å². The smallest absolute Gasteiger partial charge is 0.153 e. The number of ether oxygens (including phenoxy) is 2. The monoisotopic (exact) mass is 292 g/mol. The van der Waals surface area contributed by atoms with Crippen LogP contribution >= 0.6 is 0 Å². The van der Waals surface area contributed by atoms with E-state index >= 15 is 0 Å². The molecule has 0 atom stereocenters. The SMILES string of the molecule is CCCCCCCCCCOc1ccc(C=O)c(OC)c1. The van der Waals surface area contributed by atoms with E-state index in [1.54, 1.807) is 19.2 Å². The van der Waals surface area contributed by atoms with Crippen molar-refractivity contribution in [1.29, 1.82) is 0 Å². The molecule has 0 radical (unpaired) electrons. The maximum atomic E-state index is 10.8. The van der Waals surface area contributed by atoms with Crippen LogP contribution in [0.2, 0.25) is 0 Å². The highest BCUT2D eigenvalue weighted by atomic mass is 16.5. The Kier molecular flexibility index (Phi) is 9.34. The van der Waals surface area contributed by atoms with Gasteiger partial charge in [0.1, 0.15) is 11.5 Å². The Morgan fingerprint density at radius 3 is 2.29 bits per heavy atom. The molecule has 3 nitrogen and oxygen atoms in total. The molecule has 0 heterocycles. The number of hydrogen-bond acceptors (Lipinski definition) is 3. The van der Waals surface area contributed by atoms with Gasteiger partial charge in [0.25, 0.3) is 0 Å². The lowest BCUT2D eigenvalue weighted by Gasteiger charge is -2.09. The molecule has 0 N–H and O–H groups in total. The molecule has 0 amide bonds. The second kappa shape index (κ2) is 11.2. The first-order valence-electron chi connectivity index (χ1n) is 8.07. The summed E-state index contributed by atoms with van der Waals surface area (Å²) in [5.41, 5.74) is 0.553. The quantitative estimate of drug-likeness (QED) is 0.400. The lowest BCUT2D eigenvalue weighted by atomic mass is 10.1. The van der Waals surface area contributed by atoms with Gasteiger partial charge in [-0.25, -0.2) is 0 Å². The van der Waals surface area contributed by atoms with Gasteiger partial charge in [-0.3, -0.25) is 4.79 Å². The van der Waals surface area contributed by atoms with Crippen LogP contribution in [0.3, 0.4) is 0 Å². The molecule has 118 valence electrons. The summed E-state index contributed by atoms with van der Waals surface area (Å²) in [6, 6.07) is 5.32. The molecule has 0 saturated heterocycles. The van der Waals surface area contributed by atoms with Crippen LogP contribution < -0.4 is 9.47 Å². The fourth-order valence-corrected chi connectivity index (χ4v) is 2.30. The Labute approximate surface area is 128 Å². The van der Waals surface area contributed by atoms with Crippen LogP contribution in [0.25, 0.3) is 0 Å². The lowest BCUT2D eigenvalue weighted by molar-refractivity contribution is 0.112. The van der Waals surface area contributed by atoms with Gasteiger partial charge >= 0.3 is 0 Å². The summed E-state index contributed by atoms with van der Waals surface area (Å²) >= 11 is 0. The van der Waals surface area contributed by atoms with Crippen molar-refractivity contribution in [3.63, 3.8) is 0 Å². The summed E-state index contributed by atoms with van der Waals surface area (Å²) in [4.78, 5) is 10.8. The van der Waals surface area contributed by atoms with Gasteiger partial charge in [0.15, 0.2) is 6.29 Å². The number of benzene rings is 1. The van der Waals surface area contributed by atoms with Gasteiger partial charge in [-0.15, -0.1) is 0 Å². The van der Waals surface area contributed by atoms with Gasteiger partial charge in [-0.1, -0.05) is 51.9 Å². The van der Waals surface area contributed by atoms with Crippen LogP contribution in [0, 0.1) is 0 Å². The standard InChI is InChI=1S/C18H28O3/c1-3-4-5-6-7-8-9-10-13-21-17-12-11-16(15-19)18(14-17)20-2/h11-12,14-15H,3-10,13H2,1-2H3. The zero-order valence-corrected chi connectivity index (χ0v) is 13.4. The average Bonchev–Trinajstić information content (AvgIpc) is 2.53. The number of carbonyl (C=O) groups is 1. The van der Waals surface area contributed by atoms with Crippen molar-refractivity contribution in [3.05, 3.63) is 23.8 Å². The summed E-state index contributed by atoms with van der Waals surface area (Å²) in [7, 11) is 1.56. The molecule has 21 heavy (non-hydrogen) atoms. The molecule has 0 saturated carbocycles. The summed E-state index contributed by atoms with van der Waals surface area (Å²) in [5.74, 6) is 1.33. The third-order valence-corrected chi connectivity index (χ3v) is 3.60. The van der Waals surface area contributed by atoms with Gasteiger partial charge < -0.3 is 9.47 Å². The van der Waals surface area contributed by atoms with E-state index in [4.69, 9.17) is 9.47 Å². The number of carbonyl (C=O) groups excluding carboxylic acids is 1. The van der Waals surface area contributed by atoms with E-state index in [-0.39, 0.29) is 0 Å². The molecule has 1 aromatic rings. The molecule has 0 fully saturated rings. The second-order valence-corrected chi connectivity index (χ2v) is 5.34. The second-order valence-electron chi connectivity index (χ2n) is 5.34. The molecule has 1 rings (SSSR count). The van der Waals surface area contributed by atoms with Crippen LogP contribution in [-0.2, 0) is 0 Å². The van der Waals surface area contributed by atoms with Crippen LogP contribution in [0.4, 0.5) is 0 Å². The number of rotatable bonds is 12. The average molecular weight is 292 g/mol. The molecule has 0 aromatic heterocycles. The van der Waals surface area contributed by atoms with Crippen LogP contribution in [0.1, 0.15) is 68.6 Å². The highest BCUT2D eigenvalue weighted by Crippen LogP contribution is 2.23. The van der Waals surface area contributed by atoms with Crippen molar-refractivity contribution in [2.24, 2.45) is 0 Å². The first kappa shape index (κ1) is 17.5. The first-order chi connectivity index (χ1) is 10.3. The number of unbranched alkanes of at least 4 members (excludes halogenated alkanes) is 7. The van der Waals surface area contributed by atoms with Crippen molar-refractivity contribution in [2.45, 2.75) is 58.3 Å². The molecule has 0 aliphatic carbocycles. The molecular formula is C18H28O3. The topological polar surface area (TPSA) is 35.5 Å².